The molecule has 1 fully saturated rings. The number of hydrogen-bond donors (Lipinski definition) is 0. The van der Waals surface area contributed by atoms with Crippen molar-refractivity contribution in [3.63, 3.8) is 0 Å². The summed E-state index contributed by atoms with van der Waals surface area (Å²) in [4.78, 5) is 14.8. The average molecular weight is 448 g/mol. The Balaban J connectivity index is 1.68. The summed E-state index contributed by atoms with van der Waals surface area (Å²) in [7, 11) is -3.58. The molecule has 0 spiro atoms. The van der Waals surface area contributed by atoms with Gasteiger partial charge in [0.05, 0.1) is 5.75 Å². The minimum absolute atomic E-state index is 0.0742. The molecule has 2 aromatic rings. The second-order valence-corrected chi connectivity index (χ2v) is 10.00. The molecular weight excluding hydrogens is 417 g/mol. The van der Waals surface area contributed by atoms with Gasteiger partial charge < -0.3 is 9.08 Å². The summed E-state index contributed by atoms with van der Waals surface area (Å²) >= 11 is 0. The fraction of sp³-hybridized carbons (Fsp3) is 0.458. The van der Waals surface area contributed by atoms with Gasteiger partial charge in [0.15, 0.2) is 0 Å². The molecule has 0 atom stereocenters. The Hall–Kier alpha value is -2.41. The van der Waals surface area contributed by atoms with E-state index in [1.54, 1.807) is 41.3 Å². The molecule has 1 aliphatic carbocycles. The molecule has 0 aromatic heterocycles. The largest absolute Gasteiger partial charge is 0.382 e. The van der Waals surface area contributed by atoms with E-state index in [9.17, 15) is 17.6 Å². The quantitative estimate of drug-likeness (QED) is 0.478. The van der Waals surface area contributed by atoms with Crippen molar-refractivity contribution in [2.45, 2.75) is 58.5 Å². The van der Waals surface area contributed by atoms with Crippen LogP contribution in [0.25, 0.3) is 0 Å². The van der Waals surface area contributed by atoms with E-state index >= 15 is 0 Å². The molecular formula is C24H30FNO4S. The summed E-state index contributed by atoms with van der Waals surface area (Å²) in [6.45, 7) is 2.31. The lowest BCUT2D eigenvalue weighted by Gasteiger charge is -2.24. The van der Waals surface area contributed by atoms with Crippen LogP contribution in [0.5, 0.6) is 5.75 Å². The lowest BCUT2D eigenvalue weighted by molar-refractivity contribution is -0.132. The van der Waals surface area contributed by atoms with E-state index in [4.69, 9.17) is 4.18 Å². The smallest absolute Gasteiger partial charge is 0.308 e. The average Bonchev–Trinajstić information content (AvgIpc) is 3.28. The number of nitrogens with zero attached hydrogens (tertiary/aromatic N) is 1. The van der Waals surface area contributed by atoms with E-state index in [-0.39, 0.29) is 23.2 Å². The van der Waals surface area contributed by atoms with Crippen LogP contribution in [0.15, 0.2) is 48.5 Å². The highest BCUT2D eigenvalue weighted by atomic mass is 32.2. The first kappa shape index (κ1) is 23.3. The van der Waals surface area contributed by atoms with Crippen LogP contribution in [0, 0.1) is 11.7 Å². The van der Waals surface area contributed by atoms with Crippen LogP contribution < -0.4 is 4.18 Å². The van der Waals surface area contributed by atoms with Gasteiger partial charge in [-0.1, -0.05) is 49.9 Å². The van der Waals surface area contributed by atoms with Gasteiger partial charge in [-0.05, 0) is 54.7 Å². The fourth-order valence-electron chi connectivity index (χ4n) is 3.90. The number of benzene rings is 2. The maximum atomic E-state index is 13.3. The standard InChI is InChI=1S/C24H30FNO4S/c1-2-31(28,29)30-23-14-9-21(10-15-23)18-26(17-20-7-12-22(25)13-8-20)24(27)16-11-19-5-3-4-6-19/h7-10,12-15,19H,2-6,11,16-18H2,1H3. The Kier molecular flexibility index (Phi) is 8.07. The van der Waals surface area contributed by atoms with Crippen LogP contribution in [0.3, 0.4) is 0 Å². The van der Waals surface area contributed by atoms with Crippen molar-refractivity contribution in [3.8, 4) is 5.75 Å². The third-order valence-corrected chi connectivity index (χ3v) is 6.91. The van der Waals surface area contributed by atoms with Crippen LogP contribution in [-0.4, -0.2) is 25.0 Å². The van der Waals surface area contributed by atoms with Crippen LogP contribution in [0.2, 0.25) is 0 Å². The van der Waals surface area contributed by atoms with Gasteiger partial charge in [0.1, 0.15) is 11.6 Å². The van der Waals surface area contributed by atoms with Crippen molar-refractivity contribution in [3.05, 3.63) is 65.5 Å². The van der Waals surface area contributed by atoms with Gasteiger partial charge in [0.2, 0.25) is 5.91 Å². The summed E-state index contributed by atoms with van der Waals surface area (Å²) in [5.41, 5.74) is 1.74. The molecule has 168 valence electrons. The maximum absolute atomic E-state index is 13.3. The predicted octanol–water partition coefficient (Wildman–Crippen LogP) is 5.05. The predicted molar refractivity (Wildman–Crippen MR) is 118 cm³/mol. The number of halogens is 1. The minimum Gasteiger partial charge on any atom is -0.382 e. The van der Waals surface area contributed by atoms with Gasteiger partial charge in [-0.2, -0.15) is 8.42 Å². The van der Waals surface area contributed by atoms with E-state index in [2.05, 4.69) is 0 Å². The van der Waals surface area contributed by atoms with Crippen LogP contribution >= 0.6 is 0 Å². The van der Waals surface area contributed by atoms with E-state index in [0.717, 1.165) is 17.5 Å². The first-order valence-corrected chi connectivity index (χ1v) is 12.5. The van der Waals surface area contributed by atoms with Crippen LogP contribution in [0.4, 0.5) is 4.39 Å². The molecule has 0 radical (unpaired) electrons. The first-order valence-electron chi connectivity index (χ1n) is 10.9. The zero-order chi connectivity index (χ0) is 22.3. The number of amides is 1. The molecule has 2 aromatic carbocycles. The topological polar surface area (TPSA) is 63.7 Å². The summed E-state index contributed by atoms with van der Waals surface area (Å²) in [6.07, 6.45) is 6.31. The van der Waals surface area contributed by atoms with Gasteiger partial charge >= 0.3 is 10.1 Å². The summed E-state index contributed by atoms with van der Waals surface area (Å²) < 4.78 is 41.5. The highest BCUT2D eigenvalue weighted by Gasteiger charge is 2.20. The van der Waals surface area contributed by atoms with Crippen molar-refractivity contribution in [1.29, 1.82) is 0 Å². The normalized spacial score (nSPS) is 14.5. The van der Waals surface area contributed by atoms with Crippen molar-refractivity contribution in [2.75, 3.05) is 5.75 Å². The first-order chi connectivity index (χ1) is 14.8. The summed E-state index contributed by atoms with van der Waals surface area (Å²) in [6, 6.07) is 12.9. The van der Waals surface area contributed by atoms with Gasteiger partial charge in [0, 0.05) is 19.5 Å². The SMILES string of the molecule is CCS(=O)(=O)Oc1ccc(CN(Cc2ccc(F)cc2)C(=O)CCC2CCCC2)cc1. The second-order valence-electron chi connectivity index (χ2n) is 8.14. The number of carbonyl (C=O) groups is 1. The number of carbonyl (C=O) groups excluding carboxylic acids is 1. The Morgan fingerprint density at radius 1 is 1.00 bits per heavy atom. The molecule has 0 saturated heterocycles. The van der Waals surface area contributed by atoms with Gasteiger partial charge in [-0.25, -0.2) is 4.39 Å². The maximum Gasteiger partial charge on any atom is 0.308 e. The second kappa shape index (κ2) is 10.8. The molecule has 0 unspecified atom stereocenters. The zero-order valence-corrected chi connectivity index (χ0v) is 18.7. The molecule has 1 aliphatic rings. The lowest BCUT2D eigenvalue weighted by Crippen LogP contribution is -2.30. The van der Waals surface area contributed by atoms with Gasteiger partial charge in [-0.3, -0.25) is 4.79 Å². The zero-order valence-electron chi connectivity index (χ0n) is 17.9. The Bertz CT molecular complexity index is 952. The molecule has 5 nitrogen and oxygen atoms in total. The Labute approximate surface area is 184 Å². The third kappa shape index (κ3) is 7.35. The Morgan fingerprint density at radius 3 is 2.10 bits per heavy atom. The molecule has 1 amide bonds. The lowest BCUT2D eigenvalue weighted by atomic mass is 10.0. The fourth-order valence-corrected chi connectivity index (χ4v) is 4.43. The molecule has 1 saturated carbocycles. The van der Waals surface area contributed by atoms with E-state index < -0.39 is 10.1 Å². The Morgan fingerprint density at radius 2 is 1.55 bits per heavy atom. The molecule has 7 heteroatoms. The third-order valence-electron chi connectivity index (χ3n) is 5.75. The van der Waals surface area contributed by atoms with Crippen molar-refractivity contribution >= 4 is 16.0 Å². The van der Waals surface area contributed by atoms with E-state index in [1.807, 2.05) is 0 Å². The van der Waals surface area contributed by atoms with E-state index in [1.165, 1.54) is 44.7 Å². The minimum atomic E-state index is -3.58. The molecule has 0 bridgehead atoms. The monoisotopic (exact) mass is 447 g/mol. The molecule has 31 heavy (non-hydrogen) atoms. The molecule has 0 aliphatic heterocycles. The van der Waals surface area contributed by atoms with Crippen molar-refractivity contribution in [2.24, 2.45) is 5.92 Å². The van der Waals surface area contributed by atoms with Crippen LogP contribution in [0.1, 0.15) is 56.6 Å². The molecule has 3 rings (SSSR count). The number of rotatable bonds is 10. The van der Waals surface area contributed by atoms with Crippen LogP contribution in [-0.2, 0) is 28.0 Å². The summed E-state index contributed by atoms with van der Waals surface area (Å²) in [5.74, 6) is 0.554. The van der Waals surface area contributed by atoms with Gasteiger partial charge in [0.25, 0.3) is 0 Å². The highest BCUT2D eigenvalue weighted by molar-refractivity contribution is 7.87. The van der Waals surface area contributed by atoms with E-state index in [0.29, 0.717) is 25.4 Å². The molecule has 0 heterocycles. The highest BCUT2D eigenvalue weighted by Crippen LogP contribution is 2.29. The van der Waals surface area contributed by atoms with Crippen molar-refractivity contribution < 1.29 is 21.8 Å². The molecule has 0 N–H and O–H groups in total. The summed E-state index contributed by atoms with van der Waals surface area (Å²) in [5, 5.41) is 0. The number of hydrogen-bond acceptors (Lipinski definition) is 4. The van der Waals surface area contributed by atoms with Gasteiger partial charge in [-0.15, -0.1) is 0 Å². The van der Waals surface area contributed by atoms with Crippen molar-refractivity contribution in [1.82, 2.24) is 4.90 Å².